The zero-order valence-corrected chi connectivity index (χ0v) is 13.4. The van der Waals surface area contributed by atoms with Crippen molar-refractivity contribution in [2.45, 2.75) is 24.2 Å². The average Bonchev–Trinajstić information content (AvgIpc) is 2.47. The number of nitrogens with zero attached hydrogens (tertiary/aromatic N) is 1. The number of hydrogen-bond acceptors (Lipinski definition) is 4. The zero-order valence-electron chi connectivity index (χ0n) is 11.0. The molecule has 0 aromatic heterocycles. The molecular weight excluding hydrogens is 346 g/mol. The summed E-state index contributed by atoms with van der Waals surface area (Å²) < 4.78 is 38.4. The minimum absolute atomic E-state index is 0.253. The molecule has 1 saturated heterocycles. The first-order valence-electron chi connectivity index (χ1n) is 6.68. The van der Waals surface area contributed by atoms with Gasteiger partial charge in [-0.1, -0.05) is 6.42 Å². The van der Waals surface area contributed by atoms with E-state index in [0.717, 1.165) is 19.3 Å². The smallest absolute Gasteiger partial charge is 0.244 e. The Morgan fingerprint density at radius 3 is 2.25 bits per heavy atom. The van der Waals surface area contributed by atoms with E-state index in [-0.39, 0.29) is 4.90 Å². The Hall–Kier alpha value is -0.790. The average molecular weight is 362 g/mol. The summed E-state index contributed by atoms with van der Waals surface area (Å²) in [5.74, 6) is 1.08. The van der Waals surface area contributed by atoms with E-state index in [4.69, 9.17) is 9.47 Å². The van der Waals surface area contributed by atoms with Gasteiger partial charge < -0.3 is 9.47 Å². The molecule has 20 heavy (non-hydrogen) atoms. The molecule has 0 unspecified atom stereocenters. The Bertz CT molecular complexity index is 611. The molecule has 2 aliphatic heterocycles. The van der Waals surface area contributed by atoms with Gasteiger partial charge in [-0.25, -0.2) is 8.42 Å². The van der Waals surface area contributed by atoms with Crippen molar-refractivity contribution in [2.75, 3.05) is 26.3 Å². The van der Waals surface area contributed by atoms with Gasteiger partial charge in [-0.3, -0.25) is 0 Å². The Labute approximate surface area is 127 Å². The van der Waals surface area contributed by atoms with Crippen molar-refractivity contribution in [1.82, 2.24) is 4.31 Å². The second kappa shape index (κ2) is 5.54. The van der Waals surface area contributed by atoms with Crippen LogP contribution in [-0.2, 0) is 10.0 Å². The van der Waals surface area contributed by atoms with E-state index < -0.39 is 10.0 Å². The van der Waals surface area contributed by atoms with E-state index in [1.807, 2.05) is 0 Å². The molecule has 5 nitrogen and oxygen atoms in total. The van der Waals surface area contributed by atoms with E-state index in [0.29, 0.717) is 42.3 Å². The fourth-order valence-corrected chi connectivity index (χ4v) is 5.00. The number of ether oxygens (including phenoxy) is 2. The van der Waals surface area contributed by atoms with Crippen LogP contribution in [0.5, 0.6) is 11.5 Å². The molecule has 0 amide bonds. The lowest BCUT2D eigenvalue weighted by Gasteiger charge is -2.27. The monoisotopic (exact) mass is 361 g/mol. The summed E-state index contributed by atoms with van der Waals surface area (Å²) in [6.45, 7) is 2.10. The van der Waals surface area contributed by atoms with Crippen LogP contribution in [0.2, 0.25) is 0 Å². The standard InChI is InChI=1S/C13H16BrNO4S/c14-10-8-11-12(19-7-6-18-11)9-13(10)20(16,17)15-4-2-1-3-5-15/h8-9H,1-7H2. The molecule has 0 N–H and O–H groups in total. The largest absolute Gasteiger partial charge is 0.486 e. The lowest BCUT2D eigenvalue weighted by Crippen LogP contribution is -2.35. The number of hydrogen-bond donors (Lipinski definition) is 0. The van der Waals surface area contributed by atoms with Gasteiger partial charge in [0.25, 0.3) is 0 Å². The Morgan fingerprint density at radius 1 is 1.00 bits per heavy atom. The van der Waals surface area contributed by atoms with Gasteiger partial charge in [-0.15, -0.1) is 0 Å². The molecule has 0 saturated carbocycles. The number of fused-ring (bicyclic) bond motifs is 1. The molecule has 0 bridgehead atoms. The van der Waals surface area contributed by atoms with E-state index in [9.17, 15) is 8.42 Å². The third-order valence-electron chi connectivity index (χ3n) is 3.53. The minimum atomic E-state index is -3.48. The number of rotatable bonds is 2. The van der Waals surface area contributed by atoms with Crippen molar-refractivity contribution in [3.05, 3.63) is 16.6 Å². The first-order valence-corrected chi connectivity index (χ1v) is 8.91. The summed E-state index contributed by atoms with van der Waals surface area (Å²) >= 11 is 3.34. The van der Waals surface area contributed by atoms with Crippen LogP contribution in [0.4, 0.5) is 0 Å². The molecule has 2 aliphatic rings. The fourth-order valence-electron chi connectivity index (χ4n) is 2.49. The van der Waals surface area contributed by atoms with Crippen molar-refractivity contribution in [1.29, 1.82) is 0 Å². The minimum Gasteiger partial charge on any atom is -0.486 e. The summed E-state index contributed by atoms with van der Waals surface area (Å²) in [6, 6.07) is 3.23. The van der Waals surface area contributed by atoms with Gasteiger partial charge in [-0.2, -0.15) is 4.31 Å². The normalized spacial score (nSPS) is 19.9. The van der Waals surface area contributed by atoms with Crippen LogP contribution in [0, 0.1) is 0 Å². The summed E-state index contributed by atoms with van der Waals surface area (Å²) in [5.41, 5.74) is 0. The molecule has 0 radical (unpaired) electrons. The number of benzene rings is 1. The number of piperidine rings is 1. The molecule has 0 spiro atoms. The van der Waals surface area contributed by atoms with Gasteiger partial charge in [0, 0.05) is 23.6 Å². The number of halogens is 1. The van der Waals surface area contributed by atoms with Gasteiger partial charge in [0.1, 0.15) is 18.1 Å². The molecule has 2 heterocycles. The van der Waals surface area contributed by atoms with Crippen molar-refractivity contribution < 1.29 is 17.9 Å². The van der Waals surface area contributed by atoms with Crippen molar-refractivity contribution >= 4 is 26.0 Å². The SMILES string of the molecule is O=S(=O)(c1cc2c(cc1Br)OCCO2)N1CCCCC1. The third kappa shape index (κ3) is 2.54. The molecule has 3 rings (SSSR count). The first kappa shape index (κ1) is 14.2. The van der Waals surface area contributed by atoms with Crippen LogP contribution in [-0.4, -0.2) is 39.0 Å². The molecular formula is C13H16BrNO4S. The van der Waals surface area contributed by atoms with E-state index in [2.05, 4.69) is 15.9 Å². The Kier molecular flexibility index (Phi) is 3.92. The van der Waals surface area contributed by atoms with Gasteiger partial charge in [0.2, 0.25) is 10.0 Å². The maximum atomic E-state index is 12.7. The Morgan fingerprint density at radius 2 is 1.60 bits per heavy atom. The van der Waals surface area contributed by atoms with Crippen LogP contribution in [0.15, 0.2) is 21.5 Å². The van der Waals surface area contributed by atoms with Crippen LogP contribution in [0.1, 0.15) is 19.3 Å². The van der Waals surface area contributed by atoms with Crippen molar-refractivity contribution in [3.63, 3.8) is 0 Å². The molecule has 0 aliphatic carbocycles. The van der Waals surface area contributed by atoms with E-state index >= 15 is 0 Å². The van der Waals surface area contributed by atoms with Crippen molar-refractivity contribution in [2.24, 2.45) is 0 Å². The molecule has 1 fully saturated rings. The Balaban J connectivity index is 2.00. The molecule has 110 valence electrons. The maximum absolute atomic E-state index is 12.7. The summed E-state index contributed by atoms with van der Waals surface area (Å²) in [6.07, 6.45) is 2.93. The van der Waals surface area contributed by atoms with E-state index in [1.165, 1.54) is 0 Å². The first-order chi connectivity index (χ1) is 9.59. The lowest BCUT2D eigenvalue weighted by atomic mass is 10.2. The van der Waals surface area contributed by atoms with Crippen molar-refractivity contribution in [3.8, 4) is 11.5 Å². The predicted molar refractivity (Wildman–Crippen MR) is 77.7 cm³/mol. The maximum Gasteiger partial charge on any atom is 0.244 e. The molecule has 1 aromatic rings. The quantitative estimate of drug-likeness (QED) is 0.811. The fraction of sp³-hybridized carbons (Fsp3) is 0.538. The van der Waals surface area contributed by atoms with Crippen LogP contribution < -0.4 is 9.47 Å². The highest BCUT2D eigenvalue weighted by Gasteiger charge is 2.29. The molecule has 7 heteroatoms. The molecule has 1 aromatic carbocycles. The summed E-state index contributed by atoms with van der Waals surface area (Å²) in [7, 11) is -3.48. The zero-order chi connectivity index (χ0) is 14.2. The molecule has 0 atom stereocenters. The summed E-state index contributed by atoms with van der Waals surface area (Å²) in [5, 5.41) is 0. The van der Waals surface area contributed by atoms with Gasteiger partial charge in [0.15, 0.2) is 11.5 Å². The second-order valence-corrected chi connectivity index (χ2v) is 7.65. The lowest BCUT2D eigenvalue weighted by molar-refractivity contribution is 0.171. The van der Waals surface area contributed by atoms with Crippen LogP contribution >= 0.6 is 15.9 Å². The topological polar surface area (TPSA) is 55.8 Å². The predicted octanol–water partition coefficient (Wildman–Crippen LogP) is 2.39. The van der Waals surface area contributed by atoms with E-state index in [1.54, 1.807) is 16.4 Å². The highest BCUT2D eigenvalue weighted by molar-refractivity contribution is 9.10. The second-order valence-electron chi connectivity index (χ2n) is 4.89. The van der Waals surface area contributed by atoms with Crippen LogP contribution in [0.3, 0.4) is 0 Å². The van der Waals surface area contributed by atoms with Gasteiger partial charge in [-0.05, 0) is 34.8 Å². The number of sulfonamides is 1. The van der Waals surface area contributed by atoms with Gasteiger partial charge >= 0.3 is 0 Å². The van der Waals surface area contributed by atoms with Gasteiger partial charge in [0.05, 0.1) is 0 Å². The summed E-state index contributed by atoms with van der Waals surface area (Å²) in [4.78, 5) is 0.253. The highest BCUT2D eigenvalue weighted by Crippen LogP contribution is 2.38. The third-order valence-corrected chi connectivity index (χ3v) is 6.39. The van der Waals surface area contributed by atoms with Crippen LogP contribution in [0.25, 0.3) is 0 Å². The highest BCUT2D eigenvalue weighted by atomic mass is 79.9.